The maximum Gasteiger partial charge on any atom is 0.312 e. The maximum atomic E-state index is 15.1. The number of ether oxygens (including phenoxy) is 3. The van der Waals surface area contributed by atoms with Crippen LogP contribution in [0.3, 0.4) is 0 Å². The van der Waals surface area contributed by atoms with Crippen molar-refractivity contribution in [2.45, 2.75) is 186 Å². The van der Waals surface area contributed by atoms with E-state index in [1.807, 2.05) is 39.6 Å². The quantitative estimate of drug-likeness (QED) is 0.0263. The van der Waals surface area contributed by atoms with E-state index in [1.54, 1.807) is 30.7 Å². The van der Waals surface area contributed by atoms with Gasteiger partial charge in [0.25, 0.3) is 17.7 Å². The minimum absolute atomic E-state index is 0.0181. The van der Waals surface area contributed by atoms with Gasteiger partial charge in [-0.15, -0.1) is 11.3 Å². The summed E-state index contributed by atoms with van der Waals surface area (Å²) in [5.74, 6) is -6.06. The molecule has 3 saturated heterocycles. The third kappa shape index (κ3) is 20.7. The number of hydrogen-bond acceptors (Lipinski definition) is 21. The van der Waals surface area contributed by atoms with Gasteiger partial charge < -0.3 is 81.2 Å². The molecular formula is C65H98N12O18S. The van der Waals surface area contributed by atoms with Gasteiger partial charge in [-0.05, 0) is 81.1 Å². The Bertz CT molecular complexity index is 3050. The fourth-order valence-corrected chi connectivity index (χ4v) is 12.9. The molecule has 11 amide bonds. The number of thiazole rings is 1. The van der Waals surface area contributed by atoms with Crippen molar-refractivity contribution in [3.63, 3.8) is 0 Å². The van der Waals surface area contributed by atoms with Gasteiger partial charge in [-0.2, -0.15) is 0 Å². The van der Waals surface area contributed by atoms with Crippen LogP contribution >= 0.6 is 11.3 Å². The summed E-state index contributed by atoms with van der Waals surface area (Å²) < 4.78 is 17.2. The number of aromatic nitrogens is 1. The zero-order valence-electron chi connectivity index (χ0n) is 56.6. The van der Waals surface area contributed by atoms with E-state index in [-0.39, 0.29) is 130 Å². The first-order chi connectivity index (χ1) is 45.5. The summed E-state index contributed by atoms with van der Waals surface area (Å²) in [7, 11) is 4.89. The van der Waals surface area contributed by atoms with Gasteiger partial charge in [0, 0.05) is 103 Å². The molecule has 5 heterocycles. The molecule has 31 heteroatoms. The van der Waals surface area contributed by atoms with Crippen molar-refractivity contribution in [2.24, 2.45) is 23.5 Å². The summed E-state index contributed by atoms with van der Waals surface area (Å²) in [5.41, 5.74) is 5.62. The number of nitrogens with one attached hydrogen (secondary N) is 4. The Morgan fingerprint density at radius 1 is 0.812 bits per heavy atom. The number of aliphatic hydroxyl groups excluding tert-OH is 4. The van der Waals surface area contributed by atoms with Gasteiger partial charge in [0.05, 0.1) is 12.6 Å². The van der Waals surface area contributed by atoms with Crippen LogP contribution in [0.25, 0.3) is 0 Å². The van der Waals surface area contributed by atoms with E-state index in [0.717, 1.165) is 40.5 Å². The number of carbonyl (C=O) groups excluding carboxylic acids is 11. The third-order valence-corrected chi connectivity index (χ3v) is 19.2. The predicted molar refractivity (Wildman–Crippen MR) is 348 cm³/mol. The molecular weight excluding hydrogens is 1270 g/mol. The fourth-order valence-electron chi connectivity index (χ4n) is 12.1. The molecule has 0 spiro atoms. The maximum absolute atomic E-state index is 15.1. The summed E-state index contributed by atoms with van der Waals surface area (Å²) in [4.78, 5) is 163. The predicted octanol–water partition coefficient (Wildman–Crippen LogP) is -0.0523. The number of imide groups is 1. The molecule has 0 aliphatic carbocycles. The fraction of sp³-hybridized carbons (Fsp3) is 0.662. The molecule has 4 aliphatic heterocycles. The first-order valence-electron chi connectivity index (χ1n) is 32.9. The highest BCUT2D eigenvalue weighted by Crippen LogP contribution is 2.32. The van der Waals surface area contributed by atoms with E-state index >= 15 is 4.79 Å². The van der Waals surface area contributed by atoms with Crippen LogP contribution in [0, 0.1) is 17.8 Å². The second kappa shape index (κ2) is 36.1. The molecule has 532 valence electrons. The lowest BCUT2D eigenvalue weighted by Crippen LogP contribution is -2.60. The van der Waals surface area contributed by atoms with Crippen molar-refractivity contribution >= 4 is 76.5 Å². The van der Waals surface area contributed by atoms with Crippen molar-refractivity contribution in [1.82, 2.24) is 55.7 Å². The molecule has 3 fully saturated rings. The number of esters is 1. The minimum Gasteiger partial charge on any atom is -0.462 e. The Hall–Kier alpha value is -7.68. The highest BCUT2D eigenvalue weighted by molar-refractivity contribution is 7.09. The average Bonchev–Trinajstić information content (AvgIpc) is 1.15. The van der Waals surface area contributed by atoms with Gasteiger partial charge >= 0.3 is 12.0 Å². The largest absolute Gasteiger partial charge is 0.462 e. The number of nitrogens with zero attached hydrogens (tertiary/aromatic N) is 7. The number of aliphatic hydroxyl groups is 4. The number of hydrogen-bond donors (Lipinski definition) is 9. The van der Waals surface area contributed by atoms with Crippen LogP contribution in [0.2, 0.25) is 0 Å². The number of piperazine rings is 1. The molecule has 5 unspecified atom stereocenters. The number of rotatable bonds is 32. The Labute approximate surface area is 563 Å². The standard InChI is InChI=1S/C65H98N12O18S/c1-11-38(6)53(71-58(87)44-17-12-13-26-72(44)8)62(90)73(9)45(36(2)3)33-47(93-39(7)79)60-69-43(35-96-60)61(89)74(10)46(32-40-19-21-41(22-20-40)94-64-56(85)55(84)54(83)48(34-78)95-64)59(88)68-42(16-14-25-67-65(66)92)57(86)70-52(37(4)5)63(91)76-30-28-75(29-31-76)49(80)18-15-27-77-50(81)23-24-51(77)82/h19-24,35-38,42,44-48,52-56,64,78,83-85H,11-18,25-34H2,1-10H3,(H,68,88)(H,70,86)(H,71,87)(H3,66,67,92)/t38-,42-,44+,45+,46-,47+,48?,52-,53-,54?,55?,56?,64?/m0/s1. The third-order valence-electron chi connectivity index (χ3n) is 18.2. The molecule has 0 bridgehead atoms. The van der Waals surface area contributed by atoms with Crippen LogP contribution in [0.15, 0.2) is 41.8 Å². The Balaban J connectivity index is 1.24. The van der Waals surface area contributed by atoms with Gasteiger partial charge in [-0.1, -0.05) is 66.5 Å². The monoisotopic (exact) mass is 1370 g/mol. The molecule has 1 aromatic carbocycles. The second-order valence-corrected chi connectivity index (χ2v) is 26.7. The number of carbonyl (C=O) groups is 11. The summed E-state index contributed by atoms with van der Waals surface area (Å²) in [5, 5.41) is 53.9. The Kier molecular flexibility index (Phi) is 29.0. The van der Waals surface area contributed by atoms with Crippen LogP contribution in [0.5, 0.6) is 5.75 Å². The van der Waals surface area contributed by atoms with Crippen molar-refractivity contribution in [3.05, 3.63) is 58.1 Å². The molecule has 96 heavy (non-hydrogen) atoms. The lowest BCUT2D eigenvalue weighted by molar-refractivity contribution is -0.277. The number of primary amides is 1. The van der Waals surface area contributed by atoms with Gasteiger partial charge in [0.15, 0.2) is 6.10 Å². The first-order valence-corrected chi connectivity index (χ1v) is 33.8. The summed E-state index contributed by atoms with van der Waals surface area (Å²) in [6, 6.07) is -0.670. The molecule has 10 N–H and O–H groups in total. The van der Waals surface area contributed by atoms with Crippen molar-refractivity contribution < 1.29 is 87.4 Å². The van der Waals surface area contributed by atoms with Gasteiger partial charge in [-0.3, -0.25) is 57.7 Å². The van der Waals surface area contributed by atoms with E-state index < -0.39 is 127 Å². The molecule has 6 rings (SSSR count). The summed E-state index contributed by atoms with van der Waals surface area (Å²) >= 11 is 1.01. The van der Waals surface area contributed by atoms with E-state index in [4.69, 9.17) is 19.9 Å². The molecule has 4 aliphatic rings. The van der Waals surface area contributed by atoms with Crippen molar-refractivity contribution in [3.8, 4) is 5.75 Å². The molecule has 13 atom stereocenters. The van der Waals surface area contributed by atoms with E-state index in [2.05, 4.69) is 26.3 Å². The van der Waals surface area contributed by atoms with Crippen LogP contribution in [-0.2, 0) is 59.0 Å². The number of likely N-dealkylation sites (tertiary alicyclic amines) is 1. The zero-order chi connectivity index (χ0) is 70.8. The average molecular weight is 1370 g/mol. The minimum atomic E-state index is -1.72. The highest BCUT2D eigenvalue weighted by atomic mass is 32.1. The van der Waals surface area contributed by atoms with E-state index in [0.29, 0.717) is 18.4 Å². The summed E-state index contributed by atoms with van der Waals surface area (Å²) in [6.07, 6.45) is -3.40. The van der Waals surface area contributed by atoms with E-state index in [1.165, 1.54) is 60.7 Å². The summed E-state index contributed by atoms with van der Waals surface area (Å²) in [6.45, 7) is 13.0. The number of nitrogens with two attached hydrogens (primary N) is 1. The topological polar surface area (TPSA) is 403 Å². The number of piperidine rings is 1. The lowest BCUT2D eigenvalue weighted by Gasteiger charge is -2.39. The zero-order valence-corrected chi connectivity index (χ0v) is 57.4. The van der Waals surface area contributed by atoms with Crippen LogP contribution < -0.4 is 31.7 Å². The first kappa shape index (κ1) is 77.3. The lowest BCUT2D eigenvalue weighted by atomic mass is 9.92. The van der Waals surface area contributed by atoms with Gasteiger partial charge in [0.1, 0.15) is 65.0 Å². The van der Waals surface area contributed by atoms with Crippen LogP contribution in [-0.4, -0.2) is 260 Å². The number of likely N-dealkylation sites (N-methyl/N-ethyl adjacent to an activating group) is 3. The number of amides is 11. The molecule has 2 aromatic rings. The normalized spacial score (nSPS) is 22.1. The second-order valence-electron chi connectivity index (χ2n) is 25.8. The van der Waals surface area contributed by atoms with Gasteiger partial charge in [-0.25, -0.2) is 9.78 Å². The smallest absolute Gasteiger partial charge is 0.312 e. The molecule has 30 nitrogen and oxygen atoms in total. The Morgan fingerprint density at radius 3 is 2.06 bits per heavy atom. The Morgan fingerprint density at radius 2 is 1.47 bits per heavy atom. The highest BCUT2D eigenvalue weighted by Gasteiger charge is 2.45. The molecule has 0 saturated carbocycles. The van der Waals surface area contributed by atoms with Crippen LogP contribution in [0.4, 0.5) is 4.79 Å². The van der Waals surface area contributed by atoms with Crippen molar-refractivity contribution in [2.75, 3.05) is 73.6 Å². The van der Waals surface area contributed by atoms with E-state index in [9.17, 15) is 68.4 Å². The number of urea groups is 1. The van der Waals surface area contributed by atoms with Crippen LogP contribution in [0.1, 0.15) is 133 Å². The van der Waals surface area contributed by atoms with Crippen molar-refractivity contribution in [1.29, 1.82) is 0 Å². The number of benzene rings is 1. The van der Waals surface area contributed by atoms with Gasteiger partial charge in [0.2, 0.25) is 41.7 Å². The molecule has 1 aromatic heterocycles. The SMILES string of the molecule is CC[C@H](C)[C@H](NC(=O)[C@H]1CCCCN1C)C(=O)N(C)[C@H](C[C@@H](OC(C)=O)c1nc(C(=O)N(C)[C@@H](Cc2ccc(OC3OC(CO)C(O)C(O)C3O)cc2)C(=O)N[C@@H](CCCNC(N)=O)C(=O)N[C@H](C(=O)N2CCN(C(=O)CCCN3C(=O)C=CC3=O)CC2)C(C)C)cs1)C(C)C. The molecule has 0 radical (unpaired) electrons.